The predicted octanol–water partition coefficient (Wildman–Crippen LogP) is 3.09. The highest BCUT2D eigenvalue weighted by Gasteiger charge is 2.22. The summed E-state index contributed by atoms with van der Waals surface area (Å²) < 4.78 is 0. The molecule has 22 heavy (non-hydrogen) atoms. The van der Waals surface area contributed by atoms with Crippen molar-refractivity contribution in [1.82, 2.24) is 9.88 Å². The number of benzene rings is 1. The monoisotopic (exact) mass is 295 g/mol. The molecule has 1 aliphatic rings. The Morgan fingerprint density at radius 3 is 2.95 bits per heavy atom. The van der Waals surface area contributed by atoms with Gasteiger partial charge in [-0.3, -0.25) is 4.98 Å². The summed E-state index contributed by atoms with van der Waals surface area (Å²) in [5.41, 5.74) is 11.1. The van der Waals surface area contributed by atoms with Crippen molar-refractivity contribution in [2.45, 2.75) is 38.1 Å². The van der Waals surface area contributed by atoms with E-state index in [2.05, 4.69) is 41.2 Å². The van der Waals surface area contributed by atoms with Gasteiger partial charge in [-0.05, 0) is 75.0 Å². The summed E-state index contributed by atoms with van der Waals surface area (Å²) in [5, 5.41) is 0. The van der Waals surface area contributed by atoms with Crippen molar-refractivity contribution in [3.63, 3.8) is 0 Å². The van der Waals surface area contributed by atoms with Crippen LogP contribution in [0.15, 0.2) is 42.6 Å². The van der Waals surface area contributed by atoms with Crippen molar-refractivity contribution in [3.05, 3.63) is 59.4 Å². The summed E-state index contributed by atoms with van der Waals surface area (Å²) in [6.45, 7) is 1.12. The van der Waals surface area contributed by atoms with Gasteiger partial charge in [0.1, 0.15) is 0 Å². The van der Waals surface area contributed by atoms with Crippen LogP contribution in [0.3, 0.4) is 0 Å². The zero-order chi connectivity index (χ0) is 15.4. The molecule has 1 aliphatic carbocycles. The van der Waals surface area contributed by atoms with Crippen molar-refractivity contribution in [1.29, 1.82) is 0 Å². The van der Waals surface area contributed by atoms with Gasteiger partial charge in [0, 0.05) is 23.6 Å². The van der Waals surface area contributed by atoms with Crippen molar-refractivity contribution in [2.24, 2.45) is 0 Å². The highest BCUT2D eigenvalue weighted by Crippen LogP contribution is 2.28. The second-order valence-corrected chi connectivity index (χ2v) is 6.29. The van der Waals surface area contributed by atoms with Gasteiger partial charge in [0.05, 0.1) is 0 Å². The molecule has 1 aromatic heterocycles. The molecule has 3 heteroatoms. The van der Waals surface area contributed by atoms with Crippen molar-refractivity contribution >= 4 is 5.69 Å². The Kier molecular flexibility index (Phi) is 4.74. The summed E-state index contributed by atoms with van der Waals surface area (Å²) in [6.07, 6.45) is 7.54. The van der Waals surface area contributed by atoms with E-state index in [-0.39, 0.29) is 0 Å². The van der Waals surface area contributed by atoms with E-state index in [4.69, 9.17) is 5.73 Å². The molecule has 0 spiro atoms. The molecule has 1 atom stereocenters. The van der Waals surface area contributed by atoms with Crippen LogP contribution in [0.25, 0.3) is 0 Å². The fourth-order valence-electron chi connectivity index (χ4n) is 3.43. The third-order valence-electron chi connectivity index (χ3n) is 4.79. The molecule has 0 aliphatic heterocycles. The smallest absolute Gasteiger partial charge is 0.0404 e. The first-order valence-electron chi connectivity index (χ1n) is 8.20. The average Bonchev–Trinajstić information content (AvgIpc) is 2.55. The zero-order valence-electron chi connectivity index (χ0n) is 13.3. The van der Waals surface area contributed by atoms with Crippen LogP contribution < -0.4 is 5.73 Å². The highest BCUT2D eigenvalue weighted by molar-refractivity contribution is 5.52. The number of nitrogens with two attached hydrogens (primary N) is 1. The number of rotatable bonds is 5. The third-order valence-corrected chi connectivity index (χ3v) is 4.79. The molecule has 0 radical (unpaired) electrons. The van der Waals surface area contributed by atoms with Gasteiger partial charge in [0.15, 0.2) is 0 Å². The molecule has 0 fully saturated rings. The summed E-state index contributed by atoms with van der Waals surface area (Å²) in [5.74, 6) is 0. The van der Waals surface area contributed by atoms with Crippen molar-refractivity contribution < 1.29 is 0 Å². The summed E-state index contributed by atoms with van der Waals surface area (Å²) in [7, 11) is 2.25. The van der Waals surface area contributed by atoms with E-state index < -0.39 is 0 Å². The Morgan fingerprint density at radius 1 is 1.23 bits per heavy atom. The number of fused-ring (bicyclic) bond motifs is 1. The molecular formula is C19H25N3. The van der Waals surface area contributed by atoms with Crippen LogP contribution in [-0.4, -0.2) is 29.5 Å². The van der Waals surface area contributed by atoms with Gasteiger partial charge in [-0.15, -0.1) is 0 Å². The SMILES string of the molecule is CN(CCCc1ccccn1)C1CCc2c(N)cccc2C1. The Balaban J connectivity index is 1.52. The van der Waals surface area contributed by atoms with Crippen LogP contribution in [0.2, 0.25) is 0 Å². The van der Waals surface area contributed by atoms with Gasteiger partial charge in [-0.2, -0.15) is 0 Å². The quantitative estimate of drug-likeness (QED) is 0.862. The minimum atomic E-state index is 0.637. The van der Waals surface area contributed by atoms with Gasteiger partial charge < -0.3 is 10.6 Å². The van der Waals surface area contributed by atoms with Crippen molar-refractivity contribution in [2.75, 3.05) is 19.3 Å². The minimum Gasteiger partial charge on any atom is -0.398 e. The number of likely N-dealkylation sites (N-methyl/N-ethyl adjacent to an activating group) is 1. The van der Waals surface area contributed by atoms with Gasteiger partial charge >= 0.3 is 0 Å². The summed E-state index contributed by atoms with van der Waals surface area (Å²) in [4.78, 5) is 6.90. The molecule has 1 heterocycles. The average molecular weight is 295 g/mol. The molecule has 116 valence electrons. The van der Waals surface area contributed by atoms with Gasteiger partial charge in [-0.1, -0.05) is 18.2 Å². The number of aryl methyl sites for hydroxylation is 1. The fourth-order valence-corrected chi connectivity index (χ4v) is 3.43. The number of hydrogen-bond donors (Lipinski definition) is 1. The number of hydrogen-bond acceptors (Lipinski definition) is 3. The third kappa shape index (κ3) is 3.47. The number of aromatic nitrogens is 1. The first-order valence-corrected chi connectivity index (χ1v) is 8.20. The largest absolute Gasteiger partial charge is 0.398 e. The first kappa shape index (κ1) is 15.0. The van der Waals surface area contributed by atoms with Crippen LogP contribution in [0.1, 0.15) is 29.7 Å². The van der Waals surface area contributed by atoms with E-state index >= 15 is 0 Å². The molecule has 0 bridgehead atoms. The van der Waals surface area contributed by atoms with Crippen LogP contribution in [0.4, 0.5) is 5.69 Å². The lowest BCUT2D eigenvalue weighted by atomic mass is 9.86. The van der Waals surface area contributed by atoms with E-state index in [0.717, 1.165) is 37.9 Å². The van der Waals surface area contributed by atoms with Crippen LogP contribution in [-0.2, 0) is 19.3 Å². The fraction of sp³-hybridized carbons (Fsp3) is 0.421. The Hall–Kier alpha value is -1.87. The van der Waals surface area contributed by atoms with Crippen LogP contribution in [0, 0.1) is 0 Å². The lowest BCUT2D eigenvalue weighted by Gasteiger charge is -2.33. The highest BCUT2D eigenvalue weighted by atomic mass is 15.1. The standard InChI is InChI=1S/C19H25N3/c1-22(13-5-8-16-7-2-3-12-21-16)17-10-11-18-15(14-17)6-4-9-19(18)20/h2-4,6-7,9,12,17H,5,8,10-11,13-14,20H2,1H3. The summed E-state index contributed by atoms with van der Waals surface area (Å²) >= 11 is 0. The van der Waals surface area contributed by atoms with E-state index in [9.17, 15) is 0 Å². The van der Waals surface area contributed by atoms with Crippen LogP contribution in [0.5, 0.6) is 0 Å². The topological polar surface area (TPSA) is 42.2 Å². The Labute approximate surface area is 133 Å². The molecule has 1 unspecified atom stereocenters. The maximum absolute atomic E-state index is 6.09. The second-order valence-electron chi connectivity index (χ2n) is 6.29. The summed E-state index contributed by atoms with van der Waals surface area (Å²) in [6, 6.07) is 13.1. The molecular weight excluding hydrogens is 270 g/mol. The second kappa shape index (κ2) is 6.93. The van der Waals surface area contributed by atoms with Gasteiger partial charge in [0.2, 0.25) is 0 Å². The number of nitrogens with zero attached hydrogens (tertiary/aromatic N) is 2. The van der Waals surface area contributed by atoms with E-state index in [1.165, 1.54) is 23.2 Å². The van der Waals surface area contributed by atoms with Crippen LogP contribution >= 0.6 is 0 Å². The zero-order valence-corrected chi connectivity index (χ0v) is 13.3. The molecule has 0 saturated carbocycles. The van der Waals surface area contributed by atoms with Gasteiger partial charge in [0.25, 0.3) is 0 Å². The maximum Gasteiger partial charge on any atom is 0.0404 e. The lowest BCUT2D eigenvalue weighted by Crippen LogP contribution is -2.37. The maximum atomic E-state index is 6.09. The number of pyridine rings is 1. The number of nitrogen functional groups attached to an aromatic ring is 1. The van der Waals surface area contributed by atoms with Gasteiger partial charge in [-0.25, -0.2) is 0 Å². The molecule has 3 nitrogen and oxygen atoms in total. The minimum absolute atomic E-state index is 0.637. The normalized spacial score (nSPS) is 17.5. The first-order chi connectivity index (χ1) is 10.7. The van der Waals surface area contributed by atoms with E-state index in [1.807, 2.05) is 18.3 Å². The molecule has 2 N–H and O–H groups in total. The van der Waals surface area contributed by atoms with E-state index in [0.29, 0.717) is 6.04 Å². The molecule has 3 rings (SSSR count). The number of anilines is 1. The Morgan fingerprint density at radius 2 is 2.14 bits per heavy atom. The lowest BCUT2D eigenvalue weighted by molar-refractivity contribution is 0.219. The molecule has 1 aromatic carbocycles. The molecule has 2 aromatic rings. The molecule has 0 saturated heterocycles. The Bertz CT molecular complexity index is 609. The predicted molar refractivity (Wildman–Crippen MR) is 91.9 cm³/mol. The molecule has 0 amide bonds. The van der Waals surface area contributed by atoms with E-state index in [1.54, 1.807) is 0 Å². The van der Waals surface area contributed by atoms with Crippen molar-refractivity contribution in [3.8, 4) is 0 Å².